The molecule has 0 bridgehead atoms. The Balaban J connectivity index is 2.51. The predicted molar refractivity (Wildman–Crippen MR) is 64.6 cm³/mol. The molecule has 1 fully saturated rings. The summed E-state index contributed by atoms with van der Waals surface area (Å²) in [6.07, 6.45) is 2.12. The van der Waals surface area contributed by atoms with Crippen molar-refractivity contribution in [3.05, 3.63) is 10.4 Å². The second-order valence-electron chi connectivity index (χ2n) is 5.26. The zero-order valence-corrected chi connectivity index (χ0v) is 10.7. The van der Waals surface area contributed by atoms with Gasteiger partial charge in [-0.2, -0.15) is 0 Å². The highest BCUT2D eigenvalue weighted by Gasteiger charge is 2.24. The molecule has 1 unspecified atom stereocenters. The minimum atomic E-state index is -0.465. The molecule has 1 amide bonds. The van der Waals surface area contributed by atoms with Gasteiger partial charge in [-0.15, -0.1) is 0 Å². The van der Waals surface area contributed by atoms with Crippen LogP contribution >= 0.6 is 0 Å². The topological polar surface area (TPSA) is 78.3 Å². The summed E-state index contributed by atoms with van der Waals surface area (Å²) in [6.45, 7) is 6.83. The minimum absolute atomic E-state index is 0.00689. The number of hydrogen-bond donors (Lipinski definition) is 0. The summed E-state index contributed by atoms with van der Waals surface area (Å²) in [5.41, 5.74) is 7.93. The van der Waals surface area contributed by atoms with E-state index in [0.29, 0.717) is 19.5 Å². The number of carbonyl (C=O) groups is 1. The Morgan fingerprint density at radius 2 is 2.12 bits per heavy atom. The van der Waals surface area contributed by atoms with Gasteiger partial charge in [0.25, 0.3) is 0 Å². The largest absolute Gasteiger partial charge is 0.444 e. The molecule has 6 nitrogen and oxygen atoms in total. The fraction of sp³-hybridized carbons (Fsp3) is 0.909. The number of amides is 1. The molecule has 1 heterocycles. The second kappa shape index (κ2) is 5.77. The summed E-state index contributed by atoms with van der Waals surface area (Å²) in [7, 11) is 0. The first kappa shape index (κ1) is 13.6. The molecule has 0 N–H and O–H groups in total. The van der Waals surface area contributed by atoms with E-state index in [4.69, 9.17) is 10.3 Å². The highest BCUT2D eigenvalue weighted by Crippen LogP contribution is 2.17. The van der Waals surface area contributed by atoms with Crippen molar-refractivity contribution in [3.8, 4) is 0 Å². The normalized spacial score (nSPS) is 21.4. The molecule has 0 saturated carbocycles. The SMILES string of the molecule is CC(C)(C)OC(=O)N1CCCC(N=[N+]=[N-])CC1. The zero-order chi connectivity index (χ0) is 12.9. The van der Waals surface area contributed by atoms with Gasteiger partial charge in [-0.1, -0.05) is 5.11 Å². The minimum Gasteiger partial charge on any atom is -0.444 e. The van der Waals surface area contributed by atoms with Crippen LogP contribution < -0.4 is 0 Å². The zero-order valence-electron chi connectivity index (χ0n) is 10.7. The lowest BCUT2D eigenvalue weighted by molar-refractivity contribution is 0.0256. The van der Waals surface area contributed by atoms with E-state index in [-0.39, 0.29) is 12.1 Å². The molecule has 0 aromatic heterocycles. The Labute approximate surface area is 102 Å². The van der Waals surface area contributed by atoms with Gasteiger partial charge in [0.15, 0.2) is 0 Å². The fourth-order valence-electron chi connectivity index (χ4n) is 1.78. The third-order valence-electron chi connectivity index (χ3n) is 2.56. The quantitative estimate of drug-likeness (QED) is 0.401. The maximum absolute atomic E-state index is 11.8. The average Bonchev–Trinajstić information content (AvgIpc) is 2.41. The molecule has 1 atom stereocenters. The van der Waals surface area contributed by atoms with Crippen molar-refractivity contribution in [2.24, 2.45) is 5.11 Å². The number of likely N-dealkylation sites (tertiary alicyclic amines) is 1. The number of carbonyl (C=O) groups excluding carboxylic acids is 1. The molecular weight excluding hydrogens is 220 g/mol. The van der Waals surface area contributed by atoms with Gasteiger partial charge < -0.3 is 9.64 Å². The summed E-state index contributed by atoms with van der Waals surface area (Å²) in [5.74, 6) is 0. The van der Waals surface area contributed by atoms with Gasteiger partial charge in [-0.3, -0.25) is 0 Å². The van der Waals surface area contributed by atoms with Crippen molar-refractivity contribution >= 4 is 6.09 Å². The Kier molecular flexibility index (Phi) is 4.63. The molecule has 0 radical (unpaired) electrons. The lowest BCUT2D eigenvalue weighted by atomic mass is 10.1. The molecule has 1 rings (SSSR count). The van der Waals surface area contributed by atoms with E-state index in [2.05, 4.69) is 10.0 Å². The van der Waals surface area contributed by atoms with Gasteiger partial charge in [-0.25, -0.2) is 4.79 Å². The summed E-state index contributed by atoms with van der Waals surface area (Å²) in [5, 5.41) is 3.71. The van der Waals surface area contributed by atoms with Crippen molar-refractivity contribution in [3.63, 3.8) is 0 Å². The molecule has 96 valence electrons. The number of nitrogens with zero attached hydrogens (tertiary/aromatic N) is 4. The van der Waals surface area contributed by atoms with E-state index in [0.717, 1.165) is 12.8 Å². The van der Waals surface area contributed by atoms with E-state index < -0.39 is 5.60 Å². The van der Waals surface area contributed by atoms with Gasteiger partial charge in [0.05, 0.1) is 0 Å². The van der Waals surface area contributed by atoms with Gasteiger partial charge >= 0.3 is 6.09 Å². The van der Waals surface area contributed by atoms with E-state index in [1.165, 1.54) is 0 Å². The van der Waals surface area contributed by atoms with Crippen molar-refractivity contribution in [1.29, 1.82) is 0 Å². The van der Waals surface area contributed by atoms with Gasteiger partial charge in [0.2, 0.25) is 0 Å². The number of ether oxygens (including phenoxy) is 1. The van der Waals surface area contributed by atoms with Crippen molar-refractivity contribution in [1.82, 2.24) is 4.90 Å². The standard InChI is InChI=1S/C11H20N4O2/c1-11(2,3)17-10(16)15-7-4-5-9(6-8-15)13-14-12/h9H,4-8H2,1-3H3. The van der Waals surface area contributed by atoms with E-state index in [9.17, 15) is 4.79 Å². The maximum atomic E-state index is 11.8. The fourth-order valence-corrected chi connectivity index (χ4v) is 1.78. The van der Waals surface area contributed by atoms with Gasteiger partial charge in [-0.05, 0) is 45.6 Å². The Morgan fingerprint density at radius 3 is 2.71 bits per heavy atom. The first-order valence-corrected chi connectivity index (χ1v) is 5.94. The lowest BCUT2D eigenvalue weighted by Crippen LogP contribution is -2.37. The van der Waals surface area contributed by atoms with E-state index >= 15 is 0 Å². The molecule has 1 aliphatic heterocycles. The van der Waals surface area contributed by atoms with Crippen LogP contribution in [0.3, 0.4) is 0 Å². The first-order chi connectivity index (χ1) is 7.92. The third-order valence-corrected chi connectivity index (χ3v) is 2.56. The molecule has 0 spiro atoms. The molecule has 0 aromatic carbocycles. The highest BCUT2D eigenvalue weighted by molar-refractivity contribution is 5.68. The van der Waals surface area contributed by atoms with Crippen LogP contribution in [0, 0.1) is 0 Å². The Bertz CT molecular complexity index is 318. The number of hydrogen-bond acceptors (Lipinski definition) is 3. The Morgan fingerprint density at radius 1 is 1.41 bits per heavy atom. The predicted octanol–water partition coefficient (Wildman–Crippen LogP) is 3.09. The van der Waals surface area contributed by atoms with Crippen molar-refractivity contribution < 1.29 is 9.53 Å². The van der Waals surface area contributed by atoms with Crippen LogP contribution in [0.15, 0.2) is 5.11 Å². The highest BCUT2D eigenvalue weighted by atomic mass is 16.6. The van der Waals surface area contributed by atoms with Crippen LogP contribution in [0.4, 0.5) is 4.79 Å². The van der Waals surface area contributed by atoms with Gasteiger partial charge in [0, 0.05) is 24.0 Å². The first-order valence-electron chi connectivity index (χ1n) is 5.94. The second-order valence-corrected chi connectivity index (χ2v) is 5.26. The number of azide groups is 1. The summed E-state index contributed by atoms with van der Waals surface area (Å²) in [6, 6.07) is 0.00689. The molecule has 0 aliphatic carbocycles. The monoisotopic (exact) mass is 240 g/mol. The lowest BCUT2D eigenvalue weighted by Gasteiger charge is -2.26. The van der Waals surface area contributed by atoms with Crippen LogP contribution in [-0.2, 0) is 4.74 Å². The average molecular weight is 240 g/mol. The van der Waals surface area contributed by atoms with Crippen LogP contribution in [0.2, 0.25) is 0 Å². The molecule has 1 aliphatic rings. The molecular formula is C11H20N4O2. The summed E-state index contributed by atoms with van der Waals surface area (Å²) < 4.78 is 5.31. The summed E-state index contributed by atoms with van der Waals surface area (Å²) in [4.78, 5) is 16.3. The van der Waals surface area contributed by atoms with Crippen molar-refractivity contribution in [2.45, 2.75) is 51.7 Å². The summed E-state index contributed by atoms with van der Waals surface area (Å²) >= 11 is 0. The number of rotatable bonds is 1. The maximum Gasteiger partial charge on any atom is 0.410 e. The van der Waals surface area contributed by atoms with Crippen molar-refractivity contribution in [2.75, 3.05) is 13.1 Å². The molecule has 17 heavy (non-hydrogen) atoms. The molecule has 6 heteroatoms. The third kappa shape index (κ3) is 4.95. The molecule has 1 saturated heterocycles. The van der Waals surface area contributed by atoms with Crippen LogP contribution in [-0.4, -0.2) is 35.7 Å². The smallest absolute Gasteiger partial charge is 0.410 e. The van der Waals surface area contributed by atoms with Crippen LogP contribution in [0.1, 0.15) is 40.0 Å². The van der Waals surface area contributed by atoms with E-state index in [1.807, 2.05) is 20.8 Å². The van der Waals surface area contributed by atoms with E-state index in [1.54, 1.807) is 4.90 Å². The van der Waals surface area contributed by atoms with Crippen LogP contribution in [0.25, 0.3) is 10.4 Å². The van der Waals surface area contributed by atoms with Crippen LogP contribution in [0.5, 0.6) is 0 Å². The van der Waals surface area contributed by atoms with Gasteiger partial charge in [0.1, 0.15) is 5.60 Å². The Hall–Kier alpha value is -1.42. The molecule has 0 aromatic rings.